The Hall–Kier alpha value is -2.41. The van der Waals surface area contributed by atoms with E-state index in [0.29, 0.717) is 16.5 Å². The third-order valence-corrected chi connectivity index (χ3v) is 3.53. The Balaban J connectivity index is 2.33. The van der Waals surface area contributed by atoms with E-state index >= 15 is 0 Å². The van der Waals surface area contributed by atoms with Crippen molar-refractivity contribution in [2.24, 2.45) is 0 Å². The maximum absolute atomic E-state index is 12.3. The first-order valence-electron chi connectivity index (χ1n) is 6.69. The zero-order valence-corrected chi connectivity index (χ0v) is 13.2. The molecule has 2 N–H and O–H groups in total. The Morgan fingerprint density at radius 3 is 2.36 bits per heavy atom. The van der Waals surface area contributed by atoms with Crippen molar-refractivity contribution in [2.45, 2.75) is 26.2 Å². The van der Waals surface area contributed by atoms with Gasteiger partial charge < -0.3 is 5.84 Å². The van der Waals surface area contributed by atoms with E-state index in [-0.39, 0.29) is 11.3 Å². The summed E-state index contributed by atoms with van der Waals surface area (Å²) in [6.07, 6.45) is 0. The van der Waals surface area contributed by atoms with Crippen LogP contribution in [0.3, 0.4) is 0 Å². The van der Waals surface area contributed by atoms with Crippen LogP contribution in [0.2, 0.25) is 5.02 Å². The zero-order chi connectivity index (χ0) is 16.1. The van der Waals surface area contributed by atoms with Gasteiger partial charge in [0.25, 0.3) is 11.3 Å². The van der Waals surface area contributed by atoms with E-state index in [4.69, 9.17) is 17.4 Å². The van der Waals surface area contributed by atoms with Gasteiger partial charge in [0.05, 0.1) is 0 Å². The van der Waals surface area contributed by atoms with Crippen molar-refractivity contribution >= 4 is 17.4 Å². The Bertz CT molecular complexity index is 904. The van der Waals surface area contributed by atoms with Gasteiger partial charge >= 0.3 is 0 Å². The van der Waals surface area contributed by atoms with Gasteiger partial charge in [-0.1, -0.05) is 32.4 Å². The molecular formula is C14H15ClN6O. The molecule has 114 valence electrons. The highest BCUT2D eigenvalue weighted by atomic mass is 35.5. The van der Waals surface area contributed by atoms with E-state index in [2.05, 4.69) is 15.3 Å². The maximum Gasteiger partial charge on any atom is 0.295 e. The number of rotatable bonds is 1. The Labute approximate surface area is 131 Å². The van der Waals surface area contributed by atoms with Gasteiger partial charge in [-0.15, -0.1) is 10.2 Å². The normalized spacial score (nSPS) is 12.0. The molecule has 1 aromatic carbocycles. The van der Waals surface area contributed by atoms with Crippen LogP contribution in [0.4, 0.5) is 0 Å². The number of aromatic nitrogens is 5. The van der Waals surface area contributed by atoms with Gasteiger partial charge in [0.15, 0.2) is 5.82 Å². The van der Waals surface area contributed by atoms with Crippen molar-refractivity contribution in [2.75, 3.05) is 5.84 Å². The standard InChI is InChI=1S/C14H15ClN6O/c1-14(2,3)10-12(22)20(16)13-18-17-11(21(13)19-10)8-4-6-9(15)7-5-8/h4-7H,16H2,1-3H3. The summed E-state index contributed by atoms with van der Waals surface area (Å²) < 4.78 is 2.45. The third-order valence-electron chi connectivity index (χ3n) is 3.27. The van der Waals surface area contributed by atoms with Gasteiger partial charge in [-0.2, -0.15) is 14.3 Å². The van der Waals surface area contributed by atoms with Gasteiger partial charge in [0.2, 0.25) is 0 Å². The lowest BCUT2D eigenvalue weighted by Gasteiger charge is -2.17. The molecule has 3 aromatic rings. The molecule has 0 fully saturated rings. The van der Waals surface area contributed by atoms with Gasteiger partial charge in [0.1, 0.15) is 5.69 Å². The number of halogens is 1. The van der Waals surface area contributed by atoms with Crippen molar-refractivity contribution in [1.29, 1.82) is 0 Å². The second-order valence-corrected chi connectivity index (χ2v) is 6.45. The van der Waals surface area contributed by atoms with Gasteiger partial charge in [-0.25, -0.2) is 0 Å². The minimum Gasteiger partial charge on any atom is -0.333 e. The molecule has 2 heterocycles. The highest BCUT2D eigenvalue weighted by molar-refractivity contribution is 6.30. The topological polar surface area (TPSA) is 91.1 Å². The van der Waals surface area contributed by atoms with Crippen LogP contribution in [-0.2, 0) is 5.41 Å². The lowest BCUT2D eigenvalue weighted by atomic mass is 9.93. The first kappa shape index (κ1) is 14.5. The Morgan fingerprint density at radius 1 is 1.14 bits per heavy atom. The predicted molar refractivity (Wildman–Crippen MR) is 84.3 cm³/mol. The lowest BCUT2D eigenvalue weighted by molar-refractivity contribution is 0.535. The molecule has 7 nitrogen and oxygen atoms in total. The number of nitrogens with two attached hydrogens (primary N) is 1. The van der Waals surface area contributed by atoms with E-state index in [0.717, 1.165) is 10.2 Å². The molecule has 0 unspecified atom stereocenters. The number of fused-ring (bicyclic) bond motifs is 1. The maximum atomic E-state index is 12.3. The summed E-state index contributed by atoms with van der Waals surface area (Å²) in [4.78, 5) is 12.3. The molecule has 0 saturated carbocycles. The van der Waals surface area contributed by atoms with Crippen molar-refractivity contribution in [1.82, 2.24) is 24.5 Å². The molecule has 3 rings (SSSR count). The Morgan fingerprint density at radius 2 is 1.77 bits per heavy atom. The van der Waals surface area contributed by atoms with E-state index < -0.39 is 5.41 Å². The molecule has 2 aromatic heterocycles. The molecule has 0 aliphatic carbocycles. The number of hydrogen-bond acceptors (Lipinski definition) is 5. The van der Waals surface area contributed by atoms with Crippen LogP contribution in [0, 0.1) is 0 Å². The zero-order valence-electron chi connectivity index (χ0n) is 12.4. The van der Waals surface area contributed by atoms with Crippen molar-refractivity contribution in [3.8, 4) is 11.4 Å². The number of hydrogen-bond donors (Lipinski definition) is 1. The molecule has 0 radical (unpaired) electrons. The molecular weight excluding hydrogens is 304 g/mol. The number of benzene rings is 1. The average molecular weight is 319 g/mol. The second kappa shape index (κ2) is 4.81. The third kappa shape index (κ3) is 2.23. The molecule has 8 heteroatoms. The Kier molecular flexibility index (Phi) is 3.17. The summed E-state index contributed by atoms with van der Waals surface area (Å²) in [6, 6.07) is 7.12. The van der Waals surface area contributed by atoms with E-state index in [1.165, 1.54) is 4.52 Å². The fourth-order valence-corrected chi connectivity index (χ4v) is 2.24. The van der Waals surface area contributed by atoms with Crippen LogP contribution in [0.25, 0.3) is 17.2 Å². The summed E-state index contributed by atoms with van der Waals surface area (Å²) in [5.41, 5.74) is 0.295. The number of nitrogen functional groups attached to an aromatic ring is 1. The molecule has 22 heavy (non-hydrogen) atoms. The van der Waals surface area contributed by atoms with Crippen LogP contribution < -0.4 is 11.4 Å². The molecule has 0 aliphatic heterocycles. The van der Waals surface area contributed by atoms with Gasteiger partial charge in [0, 0.05) is 16.0 Å². The van der Waals surface area contributed by atoms with Crippen molar-refractivity contribution < 1.29 is 0 Å². The second-order valence-electron chi connectivity index (χ2n) is 6.02. The summed E-state index contributed by atoms with van der Waals surface area (Å²) in [7, 11) is 0. The summed E-state index contributed by atoms with van der Waals surface area (Å²) in [5, 5.41) is 13.1. The molecule has 0 spiro atoms. The fraction of sp³-hybridized carbons (Fsp3) is 0.286. The first-order valence-corrected chi connectivity index (χ1v) is 7.07. The highest BCUT2D eigenvalue weighted by Crippen LogP contribution is 2.21. The van der Waals surface area contributed by atoms with Crippen molar-refractivity contribution in [3.05, 3.63) is 45.3 Å². The molecule has 0 bridgehead atoms. The van der Waals surface area contributed by atoms with E-state index in [1.807, 2.05) is 32.9 Å². The SMILES string of the molecule is CC(C)(C)c1nn2c(-c3ccc(Cl)cc3)nnc2n(N)c1=O. The van der Waals surface area contributed by atoms with Crippen LogP contribution in [0.5, 0.6) is 0 Å². The van der Waals surface area contributed by atoms with Crippen molar-refractivity contribution in [3.63, 3.8) is 0 Å². The molecule has 0 amide bonds. The number of nitrogens with zero attached hydrogens (tertiary/aromatic N) is 5. The smallest absolute Gasteiger partial charge is 0.295 e. The highest BCUT2D eigenvalue weighted by Gasteiger charge is 2.24. The molecule has 0 atom stereocenters. The van der Waals surface area contributed by atoms with Crippen LogP contribution in [0.1, 0.15) is 26.5 Å². The quantitative estimate of drug-likeness (QED) is 0.688. The lowest BCUT2D eigenvalue weighted by Crippen LogP contribution is -2.38. The first-order chi connectivity index (χ1) is 10.3. The van der Waals surface area contributed by atoms with E-state index in [1.54, 1.807) is 12.1 Å². The van der Waals surface area contributed by atoms with E-state index in [9.17, 15) is 4.79 Å². The minimum atomic E-state index is -0.450. The summed E-state index contributed by atoms with van der Waals surface area (Å²) in [5.74, 6) is 6.53. The van der Waals surface area contributed by atoms with Gasteiger partial charge in [-0.05, 0) is 24.3 Å². The monoisotopic (exact) mass is 318 g/mol. The van der Waals surface area contributed by atoms with Crippen LogP contribution >= 0.6 is 11.6 Å². The fourth-order valence-electron chi connectivity index (χ4n) is 2.11. The molecule has 0 saturated heterocycles. The minimum absolute atomic E-state index is 0.183. The van der Waals surface area contributed by atoms with Gasteiger partial charge in [-0.3, -0.25) is 4.79 Å². The largest absolute Gasteiger partial charge is 0.333 e. The predicted octanol–water partition coefficient (Wildman–Crippen LogP) is 1.62. The average Bonchev–Trinajstić information content (AvgIpc) is 2.86. The molecule has 0 aliphatic rings. The van der Waals surface area contributed by atoms with Crippen LogP contribution in [0.15, 0.2) is 29.1 Å². The summed E-state index contributed by atoms with van der Waals surface area (Å²) >= 11 is 5.90. The van der Waals surface area contributed by atoms with Crippen LogP contribution in [-0.4, -0.2) is 24.5 Å². The summed E-state index contributed by atoms with van der Waals surface area (Å²) in [6.45, 7) is 5.69.